The molecular weight excluding hydrogens is 202 g/mol. The number of phenolic OH excluding ortho intramolecular Hbond substituents is 1. The Labute approximate surface area is 96.6 Å². The van der Waals surface area contributed by atoms with Gasteiger partial charge in [-0.2, -0.15) is 0 Å². The van der Waals surface area contributed by atoms with Crippen molar-refractivity contribution < 1.29 is 9.84 Å². The fraction of sp³-hybridized carbons (Fsp3) is 0.538. The quantitative estimate of drug-likeness (QED) is 0.832. The lowest BCUT2D eigenvalue weighted by Gasteiger charge is -2.34. The summed E-state index contributed by atoms with van der Waals surface area (Å²) in [6.07, 6.45) is 2.09. The van der Waals surface area contributed by atoms with Gasteiger partial charge >= 0.3 is 0 Å². The monoisotopic (exact) mass is 221 g/mol. The van der Waals surface area contributed by atoms with Crippen LogP contribution in [0.1, 0.15) is 30.5 Å². The Kier molecular flexibility index (Phi) is 3.06. The molecule has 3 nitrogen and oxygen atoms in total. The number of hydrogen-bond donors (Lipinski definition) is 1. The lowest BCUT2D eigenvalue weighted by Crippen LogP contribution is -2.31. The van der Waals surface area contributed by atoms with Crippen molar-refractivity contribution in [2.75, 3.05) is 20.7 Å². The molecule has 1 aromatic carbocycles. The molecule has 1 aliphatic heterocycles. The van der Waals surface area contributed by atoms with Crippen molar-refractivity contribution in [3.05, 3.63) is 23.3 Å². The first-order chi connectivity index (χ1) is 7.67. The smallest absolute Gasteiger partial charge is 0.160 e. The van der Waals surface area contributed by atoms with Crippen LogP contribution in [-0.4, -0.2) is 30.7 Å². The second-order valence-electron chi connectivity index (χ2n) is 4.38. The Bertz CT molecular complexity index is 390. The highest BCUT2D eigenvalue weighted by atomic mass is 16.5. The van der Waals surface area contributed by atoms with Crippen molar-refractivity contribution in [2.24, 2.45) is 0 Å². The van der Waals surface area contributed by atoms with Gasteiger partial charge in [0.25, 0.3) is 0 Å². The minimum atomic E-state index is 0.245. The Balaban J connectivity index is 2.46. The van der Waals surface area contributed by atoms with Gasteiger partial charge in [0.2, 0.25) is 0 Å². The zero-order valence-electron chi connectivity index (χ0n) is 10.2. The summed E-state index contributed by atoms with van der Waals surface area (Å²) in [5, 5.41) is 9.82. The lowest BCUT2D eigenvalue weighted by atomic mass is 9.91. The third-order valence-corrected chi connectivity index (χ3v) is 3.45. The number of ether oxygens (including phenoxy) is 1. The summed E-state index contributed by atoms with van der Waals surface area (Å²) in [4.78, 5) is 2.34. The van der Waals surface area contributed by atoms with Gasteiger partial charge in [0.05, 0.1) is 7.11 Å². The van der Waals surface area contributed by atoms with E-state index in [1.165, 1.54) is 11.1 Å². The number of phenols is 1. The van der Waals surface area contributed by atoms with E-state index < -0.39 is 0 Å². The minimum Gasteiger partial charge on any atom is -0.504 e. The number of aromatic hydroxyl groups is 1. The first-order valence-electron chi connectivity index (χ1n) is 5.77. The minimum absolute atomic E-state index is 0.245. The van der Waals surface area contributed by atoms with Gasteiger partial charge in [-0.1, -0.05) is 6.92 Å². The summed E-state index contributed by atoms with van der Waals surface area (Å²) in [7, 11) is 3.73. The van der Waals surface area contributed by atoms with E-state index in [1.54, 1.807) is 7.11 Å². The number of likely N-dealkylation sites (N-methyl/N-ethyl adjacent to an activating group) is 1. The largest absolute Gasteiger partial charge is 0.504 e. The summed E-state index contributed by atoms with van der Waals surface area (Å²) in [6, 6.07) is 4.25. The molecule has 1 N–H and O–H groups in total. The summed E-state index contributed by atoms with van der Waals surface area (Å²) in [5.74, 6) is 0.827. The van der Waals surface area contributed by atoms with Crippen molar-refractivity contribution in [3.8, 4) is 11.5 Å². The first-order valence-corrected chi connectivity index (χ1v) is 5.77. The number of nitrogens with zero attached hydrogens (tertiary/aromatic N) is 1. The van der Waals surface area contributed by atoms with Crippen molar-refractivity contribution in [1.29, 1.82) is 0 Å². The summed E-state index contributed by atoms with van der Waals surface area (Å²) in [5.41, 5.74) is 2.55. The molecule has 0 bridgehead atoms. The van der Waals surface area contributed by atoms with Gasteiger partial charge in [0.1, 0.15) is 0 Å². The highest BCUT2D eigenvalue weighted by Crippen LogP contribution is 2.37. The highest BCUT2D eigenvalue weighted by Gasteiger charge is 2.24. The van der Waals surface area contributed by atoms with Crippen molar-refractivity contribution in [3.63, 3.8) is 0 Å². The van der Waals surface area contributed by atoms with E-state index in [1.807, 2.05) is 12.1 Å². The third kappa shape index (κ3) is 1.76. The van der Waals surface area contributed by atoms with Crippen LogP contribution in [0, 0.1) is 0 Å². The second kappa shape index (κ2) is 4.34. The van der Waals surface area contributed by atoms with Crippen LogP contribution < -0.4 is 4.74 Å². The van der Waals surface area contributed by atoms with Crippen molar-refractivity contribution in [1.82, 2.24) is 4.90 Å². The van der Waals surface area contributed by atoms with Crippen LogP contribution in [0.5, 0.6) is 11.5 Å². The summed E-state index contributed by atoms with van der Waals surface area (Å²) >= 11 is 0. The molecule has 0 fully saturated rings. The molecule has 0 aromatic heterocycles. The van der Waals surface area contributed by atoms with E-state index in [4.69, 9.17) is 4.74 Å². The lowest BCUT2D eigenvalue weighted by molar-refractivity contribution is 0.224. The number of hydrogen-bond acceptors (Lipinski definition) is 3. The van der Waals surface area contributed by atoms with Crippen LogP contribution in [0.2, 0.25) is 0 Å². The fourth-order valence-electron chi connectivity index (χ4n) is 2.54. The van der Waals surface area contributed by atoms with E-state index in [2.05, 4.69) is 18.9 Å². The molecule has 3 heteroatoms. The van der Waals surface area contributed by atoms with Gasteiger partial charge in [-0.25, -0.2) is 0 Å². The average molecular weight is 221 g/mol. The molecule has 1 aliphatic rings. The molecule has 1 heterocycles. The van der Waals surface area contributed by atoms with Gasteiger partial charge in [-0.15, -0.1) is 0 Å². The SMILES string of the molecule is CC[C@@H]1c2cc(O)c(OC)cc2CCN1C. The molecule has 16 heavy (non-hydrogen) atoms. The predicted octanol–water partition coefficient (Wildman–Crippen LogP) is 2.34. The van der Waals surface area contributed by atoms with Crippen molar-refractivity contribution in [2.45, 2.75) is 25.8 Å². The Hall–Kier alpha value is -1.22. The van der Waals surface area contributed by atoms with Gasteiger partial charge in [-0.05, 0) is 43.1 Å². The van der Waals surface area contributed by atoms with Gasteiger partial charge in [0.15, 0.2) is 11.5 Å². The molecule has 88 valence electrons. The third-order valence-electron chi connectivity index (χ3n) is 3.45. The molecule has 0 aliphatic carbocycles. The molecule has 0 spiro atoms. The maximum absolute atomic E-state index is 9.82. The highest BCUT2D eigenvalue weighted by molar-refractivity contribution is 5.48. The Morgan fingerprint density at radius 3 is 2.88 bits per heavy atom. The molecule has 0 unspecified atom stereocenters. The van der Waals surface area contributed by atoms with Crippen LogP contribution in [0.4, 0.5) is 0 Å². The Morgan fingerprint density at radius 1 is 1.50 bits per heavy atom. The van der Waals surface area contributed by atoms with Crippen LogP contribution in [0.3, 0.4) is 0 Å². The normalized spacial score (nSPS) is 20.6. The second-order valence-corrected chi connectivity index (χ2v) is 4.38. The van der Waals surface area contributed by atoms with Crippen LogP contribution >= 0.6 is 0 Å². The molecule has 0 saturated carbocycles. The summed E-state index contributed by atoms with van der Waals surface area (Å²) in [6.45, 7) is 3.25. The molecule has 1 atom stereocenters. The average Bonchev–Trinajstić information content (AvgIpc) is 2.28. The molecule has 0 saturated heterocycles. The van der Waals surface area contributed by atoms with Crippen LogP contribution in [0.15, 0.2) is 12.1 Å². The first kappa shape index (κ1) is 11.3. The molecule has 2 rings (SSSR count). The fourth-order valence-corrected chi connectivity index (χ4v) is 2.54. The van der Waals surface area contributed by atoms with E-state index >= 15 is 0 Å². The van der Waals surface area contributed by atoms with E-state index in [9.17, 15) is 5.11 Å². The number of methoxy groups -OCH3 is 1. The van der Waals surface area contributed by atoms with E-state index in [-0.39, 0.29) is 5.75 Å². The van der Waals surface area contributed by atoms with E-state index in [0.717, 1.165) is 19.4 Å². The van der Waals surface area contributed by atoms with Crippen molar-refractivity contribution >= 4 is 0 Å². The number of fused-ring (bicyclic) bond motifs is 1. The van der Waals surface area contributed by atoms with Crippen LogP contribution in [-0.2, 0) is 6.42 Å². The maximum atomic E-state index is 9.82. The molecular formula is C13H19NO2. The zero-order chi connectivity index (χ0) is 11.7. The van der Waals surface area contributed by atoms with Crippen LogP contribution in [0.25, 0.3) is 0 Å². The van der Waals surface area contributed by atoms with Gasteiger partial charge in [0, 0.05) is 12.6 Å². The predicted molar refractivity (Wildman–Crippen MR) is 64.0 cm³/mol. The summed E-state index contributed by atoms with van der Waals surface area (Å²) < 4.78 is 5.14. The standard InChI is InChI=1S/C13H19NO2/c1-4-11-10-8-12(15)13(16-3)7-9(10)5-6-14(11)2/h7-8,11,15H,4-6H2,1-3H3/t11-/m1/s1. The maximum Gasteiger partial charge on any atom is 0.160 e. The molecule has 0 radical (unpaired) electrons. The number of benzene rings is 1. The molecule has 1 aromatic rings. The molecule has 0 amide bonds. The van der Waals surface area contributed by atoms with Gasteiger partial charge in [-0.3, -0.25) is 4.90 Å². The topological polar surface area (TPSA) is 32.7 Å². The zero-order valence-corrected chi connectivity index (χ0v) is 10.2. The van der Waals surface area contributed by atoms with Gasteiger partial charge < -0.3 is 9.84 Å². The Morgan fingerprint density at radius 2 is 2.25 bits per heavy atom. The number of rotatable bonds is 2. The van der Waals surface area contributed by atoms with E-state index in [0.29, 0.717) is 11.8 Å².